The van der Waals surface area contributed by atoms with E-state index in [9.17, 15) is 13.6 Å². The molecule has 17 heavy (non-hydrogen) atoms. The van der Waals surface area contributed by atoms with Crippen molar-refractivity contribution in [3.63, 3.8) is 0 Å². The lowest BCUT2D eigenvalue weighted by atomic mass is 10.1. The molecule has 1 heterocycles. The molecule has 5 nitrogen and oxygen atoms in total. The fourth-order valence-corrected chi connectivity index (χ4v) is 1.20. The zero-order valence-electron chi connectivity index (χ0n) is 9.37. The minimum Gasteiger partial charge on any atom is -0.481 e. The van der Waals surface area contributed by atoms with E-state index in [0.29, 0.717) is 0 Å². The maximum Gasteiger partial charge on any atom is 0.340 e. The van der Waals surface area contributed by atoms with Gasteiger partial charge in [0.25, 0.3) is 6.43 Å². The van der Waals surface area contributed by atoms with E-state index in [4.69, 9.17) is 15.2 Å². The fourth-order valence-electron chi connectivity index (χ4n) is 1.20. The predicted molar refractivity (Wildman–Crippen MR) is 56.1 cm³/mol. The van der Waals surface area contributed by atoms with E-state index in [1.807, 2.05) is 0 Å². The van der Waals surface area contributed by atoms with Crippen LogP contribution in [0.4, 0.5) is 14.5 Å². The summed E-state index contributed by atoms with van der Waals surface area (Å²) in [5, 5.41) is 0. The van der Waals surface area contributed by atoms with Crippen molar-refractivity contribution in [2.45, 2.75) is 13.3 Å². The van der Waals surface area contributed by atoms with Crippen LogP contribution in [0.3, 0.4) is 0 Å². The van der Waals surface area contributed by atoms with E-state index in [-0.39, 0.29) is 23.7 Å². The van der Waals surface area contributed by atoms with Gasteiger partial charge >= 0.3 is 5.97 Å². The highest BCUT2D eigenvalue weighted by Crippen LogP contribution is 2.29. The summed E-state index contributed by atoms with van der Waals surface area (Å²) in [6.45, 7) is 1.72. The second-order valence-electron chi connectivity index (χ2n) is 3.03. The number of ether oxygens (including phenoxy) is 2. The molecular weight excluding hydrogens is 234 g/mol. The van der Waals surface area contributed by atoms with Gasteiger partial charge in [0, 0.05) is 6.07 Å². The van der Waals surface area contributed by atoms with E-state index in [1.165, 1.54) is 13.2 Å². The van der Waals surface area contributed by atoms with Crippen molar-refractivity contribution in [2.24, 2.45) is 0 Å². The van der Waals surface area contributed by atoms with Gasteiger partial charge in [-0.25, -0.2) is 18.6 Å². The Kier molecular flexibility index (Phi) is 4.19. The average Bonchev–Trinajstić information content (AvgIpc) is 2.29. The monoisotopic (exact) mass is 246 g/mol. The number of hydrogen-bond acceptors (Lipinski definition) is 5. The maximum atomic E-state index is 12.6. The van der Waals surface area contributed by atoms with Crippen LogP contribution < -0.4 is 10.5 Å². The van der Waals surface area contributed by atoms with E-state index < -0.39 is 18.1 Å². The second-order valence-corrected chi connectivity index (χ2v) is 3.03. The van der Waals surface area contributed by atoms with Gasteiger partial charge in [-0.1, -0.05) is 0 Å². The molecule has 0 unspecified atom stereocenters. The number of pyridine rings is 1. The van der Waals surface area contributed by atoms with Crippen LogP contribution in [0.25, 0.3) is 0 Å². The first-order valence-corrected chi connectivity index (χ1v) is 4.80. The smallest absolute Gasteiger partial charge is 0.340 e. The van der Waals surface area contributed by atoms with Crippen LogP contribution in [0.2, 0.25) is 0 Å². The average molecular weight is 246 g/mol. The van der Waals surface area contributed by atoms with Crippen LogP contribution in [0, 0.1) is 0 Å². The number of halogens is 2. The summed E-state index contributed by atoms with van der Waals surface area (Å²) >= 11 is 0. The van der Waals surface area contributed by atoms with Gasteiger partial charge in [0.05, 0.1) is 25.0 Å². The number of carbonyl (C=O) groups is 1. The number of alkyl halides is 2. The summed E-state index contributed by atoms with van der Waals surface area (Å²) in [5.74, 6) is -0.898. The molecule has 0 aromatic carbocycles. The van der Waals surface area contributed by atoms with Crippen molar-refractivity contribution in [3.8, 4) is 5.88 Å². The molecule has 7 heteroatoms. The van der Waals surface area contributed by atoms with Crippen LogP contribution in [0.1, 0.15) is 29.4 Å². The summed E-state index contributed by atoms with van der Waals surface area (Å²) in [6, 6.07) is 1.17. The van der Waals surface area contributed by atoms with E-state index in [0.717, 1.165) is 0 Å². The maximum absolute atomic E-state index is 12.6. The standard InChI is InChI=1S/C10H12F2N2O3/c1-3-17-10(15)5-4-6(16-2)14-8(7(5)13)9(11)12/h4,9H,3,13H2,1-2H3. The lowest BCUT2D eigenvalue weighted by molar-refractivity contribution is 0.0526. The highest BCUT2D eigenvalue weighted by atomic mass is 19.3. The van der Waals surface area contributed by atoms with Crippen molar-refractivity contribution in [3.05, 3.63) is 17.3 Å². The molecule has 0 aliphatic rings. The normalized spacial score (nSPS) is 10.4. The second kappa shape index (κ2) is 5.42. The van der Waals surface area contributed by atoms with Crippen molar-refractivity contribution in [1.29, 1.82) is 0 Å². The van der Waals surface area contributed by atoms with E-state index in [1.54, 1.807) is 6.92 Å². The Morgan fingerprint density at radius 1 is 1.59 bits per heavy atom. The molecule has 0 amide bonds. The first kappa shape index (κ1) is 13.1. The molecule has 0 atom stereocenters. The molecular formula is C10H12F2N2O3. The van der Waals surface area contributed by atoms with Gasteiger partial charge in [-0.2, -0.15) is 0 Å². The summed E-state index contributed by atoms with van der Waals surface area (Å²) in [4.78, 5) is 15.0. The third-order valence-corrected chi connectivity index (χ3v) is 1.98. The SMILES string of the molecule is CCOC(=O)c1cc(OC)nc(C(F)F)c1N. The topological polar surface area (TPSA) is 74.4 Å². The lowest BCUT2D eigenvalue weighted by Gasteiger charge is -2.11. The van der Waals surface area contributed by atoms with E-state index >= 15 is 0 Å². The highest BCUT2D eigenvalue weighted by molar-refractivity contribution is 5.96. The number of methoxy groups -OCH3 is 1. The molecule has 0 aliphatic carbocycles. The van der Waals surface area contributed by atoms with Crippen LogP contribution in [0.15, 0.2) is 6.07 Å². The van der Waals surface area contributed by atoms with Gasteiger partial charge in [0.15, 0.2) is 0 Å². The molecule has 0 fully saturated rings. The molecule has 94 valence electrons. The zero-order chi connectivity index (χ0) is 13.0. The number of aromatic nitrogens is 1. The van der Waals surface area contributed by atoms with Crippen LogP contribution in [-0.2, 0) is 4.74 Å². The van der Waals surface area contributed by atoms with Crippen LogP contribution >= 0.6 is 0 Å². The lowest BCUT2D eigenvalue weighted by Crippen LogP contribution is -2.12. The minimum absolute atomic E-state index is 0.113. The predicted octanol–water partition coefficient (Wildman–Crippen LogP) is 1.79. The quantitative estimate of drug-likeness (QED) is 0.820. The van der Waals surface area contributed by atoms with Gasteiger partial charge in [0.2, 0.25) is 5.88 Å². The number of carbonyl (C=O) groups excluding carboxylic acids is 1. The Bertz CT molecular complexity index is 424. The number of hydrogen-bond donors (Lipinski definition) is 1. The number of anilines is 1. The largest absolute Gasteiger partial charge is 0.481 e. The Morgan fingerprint density at radius 2 is 2.24 bits per heavy atom. The first-order chi connectivity index (χ1) is 8.01. The Morgan fingerprint density at radius 3 is 2.71 bits per heavy atom. The number of esters is 1. The number of nitrogens with zero attached hydrogens (tertiary/aromatic N) is 1. The first-order valence-electron chi connectivity index (χ1n) is 4.80. The number of rotatable bonds is 4. The van der Waals surface area contributed by atoms with Crippen molar-refractivity contribution < 1.29 is 23.0 Å². The molecule has 0 aliphatic heterocycles. The third-order valence-electron chi connectivity index (χ3n) is 1.98. The Hall–Kier alpha value is -1.92. The van der Waals surface area contributed by atoms with Crippen molar-refractivity contribution in [2.75, 3.05) is 19.5 Å². The summed E-state index contributed by atoms with van der Waals surface area (Å²) in [6.07, 6.45) is -2.89. The fraction of sp³-hybridized carbons (Fsp3) is 0.400. The van der Waals surface area contributed by atoms with Crippen LogP contribution in [0.5, 0.6) is 5.88 Å². The molecule has 0 spiro atoms. The summed E-state index contributed by atoms with van der Waals surface area (Å²) in [7, 11) is 1.25. The number of nitrogens with two attached hydrogens (primary N) is 1. The van der Waals surface area contributed by atoms with Gasteiger partial charge in [-0.05, 0) is 6.92 Å². The van der Waals surface area contributed by atoms with Gasteiger partial charge in [0.1, 0.15) is 5.69 Å². The Labute approximate surface area is 96.5 Å². The third kappa shape index (κ3) is 2.80. The molecule has 0 saturated heterocycles. The van der Waals surface area contributed by atoms with Gasteiger partial charge in [-0.3, -0.25) is 0 Å². The molecule has 0 saturated carbocycles. The molecule has 1 rings (SSSR count). The molecule has 0 radical (unpaired) electrons. The molecule has 2 N–H and O–H groups in total. The molecule has 1 aromatic rings. The highest BCUT2D eigenvalue weighted by Gasteiger charge is 2.22. The molecule has 1 aromatic heterocycles. The van der Waals surface area contributed by atoms with Crippen molar-refractivity contribution in [1.82, 2.24) is 4.98 Å². The van der Waals surface area contributed by atoms with Crippen molar-refractivity contribution >= 4 is 11.7 Å². The molecule has 0 bridgehead atoms. The van der Waals surface area contributed by atoms with Gasteiger partial charge in [-0.15, -0.1) is 0 Å². The summed E-state index contributed by atoms with van der Waals surface area (Å²) < 4.78 is 34.7. The van der Waals surface area contributed by atoms with Gasteiger partial charge < -0.3 is 15.2 Å². The summed E-state index contributed by atoms with van der Waals surface area (Å²) in [5.41, 5.74) is 4.19. The number of nitrogen functional groups attached to an aromatic ring is 1. The zero-order valence-corrected chi connectivity index (χ0v) is 9.37. The Balaban J connectivity index is 3.28. The minimum atomic E-state index is -2.89. The van der Waals surface area contributed by atoms with Crippen LogP contribution in [-0.4, -0.2) is 24.7 Å². The van der Waals surface area contributed by atoms with E-state index in [2.05, 4.69) is 4.98 Å².